The van der Waals surface area contributed by atoms with Crippen LogP contribution in [-0.2, 0) is 9.59 Å². The summed E-state index contributed by atoms with van der Waals surface area (Å²) in [6, 6.07) is 9.18. The molecule has 114 valence electrons. The summed E-state index contributed by atoms with van der Waals surface area (Å²) in [6.07, 6.45) is 2.96. The van der Waals surface area contributed by atoms with E-state index in [9.17, 15) is 9.59 Å². The molecule has 0 bridgehead atoms. The van der Waals surface area contributed by atoms with Gasteiger partial charge >= 0.3 is 0 Å². The largest absolute Gasteiger partial charge is 0.341 e. The first-order chi connectivity index (χ1) is 10.2. The Hall–Kier alpha value is -1.84. The average molecular weight is 288 g/mol. The highest BCUT2D eigenvalue weighted by Gasteiger charge is 2.38. The third kappa shape index (κ3) is 3.43. The number of hydrogen-bond donors (Lipinski definition) is 0. The smallest absolute Gasteiger partial charge is 0.245 e. The third-order valence-electron chi connectivity index (χ3n) is 3.83. The zero-order valence-corrected chi connectivity index (χ0v) is 12.9. The van der Waals surface area contributed by atoms with Crippen molar-refractivity contribution in [1.82, 2.24) is 4.90 Å². The summed E-state index contributed by atoms with van der Waals surface area (Å²) in [6.45, 7) is 5.68. The number of nitrogens with zero attached hydrogens (tertiary/aromatic N) is 2. The number of benzene rings is 1. The maximum absolute atomic E-state index is 12.8. The van der Waals surface area contributed by atoms with Crippen molar-refractivity contribution in [2.24, 2.45) is 0 Å². The Kier molecular flexibility index (Phi) is 5.37. The van der Waals surface area contributed by atoms with Gasteiger partial charge in [0, 0.05) is 25.2 Å². The van der Waals surface area contributed by atoms with Crippen molar-refractivity contribution < 1.29 is 9.59 Å². The van der Waals surface area contributed by atoms with Gasteiger partial charge in [0.2, 0.25) is 11.8 Å². The van der Waals surface area contributed by atoms with Gasteiger partial charge in [-0.2, -0.15) is 0 Å². The number of para-hydroxylation sites is 1. The van der Waals surface area contributed by atoms with E-state index in [0.717, 1.165) is 31.6 Å². The molecular formula is C17H24N2O2. The van der Waals surface area contributed by atoms with Crippen molar-refractivity contribution >= 4 is 17.5 Å². The van der Waals surface area contributed by atoms with Crippen molar-refractivity contribution in [3.63, 3.8) is 0 Å². The lowest BCUT2D eigenvalue weighted by Gasteiger charge is -2.30. The van der Waals surface area contributed by atoms with Gasteiger partial charge in [-0.15, -0.1) is 0 Å². The standard InChI is InChI=1S/C17H24N2O2/c1-3-12-18(13-4-2)17(21)15-10-11-16(20)19(15)14-8-6-5-7-9-14/h5-9,15H,3-4,10-13H2,1-2H3. The number of amides is 2. The Bertz CT molecular complexity index is 481. The molecule has 2 rings (SSSR count). The molecule has 1 saturated heterocycles. The minimum absolute atomic E-state index is 0.0486. The fraction of sp³-hybridized carbons (Fsp3) is 0.529. The second-order valence-corrected chi connectivity index (χ2v) is 5.48. The highest BCUT2D eigenvalue weighted by Crippen LogP contribution is 2.27. The van der Waals surface area contributed by atoms with Crippen LogP contribution in [0.25, 0.3) is 0 Å². The summed E-state index contributed by atoms with van der Waals surface area (Å²) in [5.74, 6) is 0.140. The monoisotopic (exact) mass is 288 g/mol. The molecular weight excluding hydrogens is 264 g/mol. The van der Waals surface area contributed by atoms with Gasteiger partial charge in [-0.05, 0) is 31.4 Å². The molecule has 1 aliphatic heterocycles. The number of carbonyl (C=O) groups excluding carboxylic acids is 2. The van der Waals surface area contributed by atoms with Crippen LogP contribution in [0.4, 0.5) is 5.69 Å². The van der Waals surface area contributed by atoms with E-state index in [4.69, 9.17) is 0 Å². The van der Waals surface area contributed by atoms with Gasteiger partial charge in [-0.25, -0.2) is 0 Å². The molecule has 0 radical (unpaired) electrons. The van der Waals surface area contributed by atoms with Gasteiger partial charge in [0.1, 0.15) is 6.04 Å². The van der Waals surface area contributed by atoms with Crippen molar-refractivity contribution in [2.75, 3.05) is 18.0 Å². The van der Waals surface area contributed by atoms with Crippen molar-refractivity contribution in [3.05, 3.63) is 30.3 Å². The maximum atomic E-state index is 12.8. The molecule has 0 aliphatic carbocycles. The first-order valence-corrected chi connectivity index (χ1v) is 7.85. The van der Waals surface area contributed by atoms with Gasteiger partial charge in [0.05, 0.1) is 0 Å². The zero-order valence-electron chi connectivity index (χ0n) is 12.9. The van der Waals surface area contributed by atoms with E-state index in [1.165, 1.54) is 0 Å². The number of rotatable bonds is 6. The maximum Gasteiger partial charge on any atom is 0.245 e. The van der Waals surface area contributed by atoms with E-state index >= 15 is 0 Å². The summed E-state index contributed by atoms with van der Waals surface area (Å²) in [5.41, 5.74) is 0.825. The van der Waals surface area contributed by atoms with Crippen molar-refractivity contribution in [3.8, 4) is 0 Å². The van der Waals surface area contributed by atoms with E-state index in [1.807, 2.05) is 35.2 Å². The first-order valence-electron chi connectivity index (χ1n) is 7.85. The van der Waals surface area contributed by atoms with Crippen LogP contribution in [0.3, 0.4) is 0 Å². The molecule has 0 aromatic heterocycles. The quantitative estimate of drug-likeness (QED) is 0.807. The second-order valence-electron chi connectivity index (χ2n) is 5.48. The van der Waals surface area contributed by atoms with Gasteiger partial charge < -0.3 is 4.90 Å². The molecule has 1 unspecified atom stereocenters. The normalized spacial score (nSPS) is 18.1. The topological polar surface area (TPSA) is 40.6 Å². The summed E-state index contributed by atoms with van der Waals surface area (Å²) in [7, 11) is 0. The van der Waals surface area contributed by atoms with Crippen molar-refractivity contribution in [2.45, 2.75) is 45.6 Å². The van der Waals surface area contributed by atoms with Crippen LogP contribution in [0, 0.1) is 0 Å². The molecule has 1 aromatic rings. The summed E-state index contributed by atoms with van der Waals surface area (Å²) in [5, 5.41) is 0. The Morgan fingerprint density at radius 2 is 1.81 bits per heavy atom. The minimum atomic E-state index is -0.335. The lowest BCUT2D eigenvalue weighted by molar-refractivity contribution is -0.133. The molecule has 2 amide bonds. The van der Waals surface area contributed by atoms with Gasteiger partial charge in [0.15, 0.2) is 0 Å². The fourth-order valence-electron chi connectivity index (χ4n) is 2.91. The minimum Gasteiger partial charge on any atom is -0.341 e. The zero-order chi connectivity index (χ0) is 15.2. The van der Waals surface area contributed by atoms with E-state index in [1.54, 1.807) is 4.90 Å². The van der Waals surface area contributed by atoms with Gasteiger partial charge in [-0.3, -0.25) is 14.5 Å². The number of anilines is 1. The van der Waals surface area contributed by atoms with Gasteiger partial charge in [0.25, 0.3) is 0 Å². The number of carbonyl (C=O) groups is 2. The second kappa shape index (κ2) is 7.25. The van der Waals surface area contributed by atoms with Crippen LogP contribution in [-0.4, -0.2) is 35.8 Å². The lowest BCUT2D eigenvalue weighted by Crippen LogP contribution is -2.47. The predicted octanol–water partition coefficient (Wildman–Crippen LogP) is 2.83. The van der Waals surface area contributed by atoms with Crippen molar-refractivity contribution in [1.29, 1.82) is 0 Å². The fourth-order valence-corrected chi connectivity index (χ4v) is 2.91. The number of hydrogen-bond acceptors (Lipinski definition) is 2. The summed E-state index contributed by atoms with van der Waals surface area (Å²) in [4.78, 5) is 28.6. The molecule has 0 spiro atoms. The Morgan fingerprint density at radius 3 is 2.38 bits per heavy atom. The Balaban J connectivity index is 2.20. The molecule has 1 aromatic carbocycles. The van der Waals surface area contributed by atoms with Crippen LogP contribution >= 0.6 is 0 Å². The summed E-state index contributed by atoms with van der Waals surface area (Å²) >= 11 is 0. The Labute approximate surface area is 126 Å². The summed E-state index contributed by atoms with van der Waals surface area (Å²) < 4.78 is 0. The van der Waals surface area contributed by atoms with E-state index < -0.39 is 0 Å². The van der Waals surface area contributed by atoms with Crippen LogP contribution in [0.15, 0.2) is 30.3 Å². The molecule has 1 atom stereocenters. The van der Waals surface area contributed by atoms with Gasteiger partial charge in [-0.1, -0.05) is 32.0 Å². The Morgan fingerprint density at radius 1 is 1.19 bits per heavy atom. The van der Waals surface area contributed by atoms with E-state index in [0.29, 0.717) is 12.8 Å². The average Bonchev–Trinajstić information content (AvgIpc) is 2.89. The SMILES string of the molecule is CCCN(CCC)C(=O)C1CCC(=O)N1c1ccccc1. The van der Waals surface area contributed by atoms with E-state index in [2.05, 4.69) is 13.8 Å². The molecule has 21 heavy (non-hydrogen) atoms. The third-order valence-corrected chi connectivity index (χ3v) is 3.83. The van der Waals surface area contributed by atoms with Crippen LogP contribution in [0.2, 0.25) is 0 Å². The molecule has 1 heterocycles. The van der Waals surface area contributed by atoms with Crippen LogP contribution in [0.1, 0.15) is 39.5 Å². The van der Waals surface area contributed by atoms with Crippen LogP contribution < -0.4 is 4.90 Å². The van der Waals surface area contributed by atoms with Crippen LogP contribution in [0.5, 0.6) is 0 Å². The molecule has 4 heteroatoms. The first kappa shape index (κ1) is 15.5. The molecule has 0 saturated carbocycles. The molecule has 1 fully saturated rings. The molecule has 4 nitrogen and oxygen atoms in total. The van der Waals surface area contributed by atoms with E-state index in [-0.39, 0.29) is 17.9 Å². The lowest BCUT2D eigenvalue weighted by atomic mass is 10.1. The molecule has 0 N–H and O–H groups in total. The highest BCUT2D eigenvalue weighted by molar-refractivity contribution is 6.03. The predicted molar refractivity (Wildman–Crippen MR) is 84.1 cm³/mol. The highest BCUT2D eigenvalue weighted by atomic mass is 16.2. The molecule has 1 aliphatic rings.